The molecule has 0 unspecified atom stereocenters. The number of benzene rings is 2. The molecule has 0 amide bonds. The zero-order valence-corrected chi connectivity index (χ0v) is 12.4. The van der Waals surface area contributed by atoms with Crippen LogP contribution in [0.2, 0.25) is 10.0 Å². The zero-order chi connectivity index (χ0) is 14.7. The first-order valence-corrected chi connectivity index (χ1v) is 7.31. The highest BCUT2D eigenvalue weighted by Gasteiger charge is 2.13. The maximum Gasteiger partial charge on any atom is 0.176 e. The average Bonchev–Trinajstić information content (AvgIpc) is 2.42. The Morgan fingerprint density at radius 2 is 1.95 bits per heavy atom. The van der Waals surface area contributed by atoms with Gasteiger partial charge in [-0.1, -0.05) is 23.2 Å². The van der Waals surface area contributed by atoms with Gasteiger partial charge in [-0.2, -0.15) is 0 Å². The van der Waals surface area contributed by atoms with Gasteiger partial charge in [0.2, 0.25) is 0 Å². The van der Waals surface area contributed by atoms with Crippen molar-refractivity contribution in [3.05, 3.63) is 57.8 Å². The highest BCUT2D eigenvalue weighted by Crippen LogP contribution is 2.31. The van der Waals surface area contributed by atoms with Crippen LogP contribution in [0.15, 0.2) is 41.3 Å². The summed E-state index contributed by atoms with van der Waals surface area (Å²) in [6, 6.07) is 8.18. The van der Waals surface area contributed by atoms with Crippen LogP contribution in [0.1, 0.15) is 10.4 Å². The van der Waals surface area contributed by atoms with E-state index in [0.29, 0.717) is 14.9 Å². The van der Waals surface area contributed by atoms with Gasteiger partial charge < -0.3 is 5.11 Å². The fourth-order valence-corrected chi connectivity index (χ4v) is 2.92. The SMILES string of the molecule is O=C(CSc1cc(Cl)ccc1Cl)c1cc(F)ccc1O. The molecule has 0 atom stereocenters. The fourth-order valence-electron chi connectivity index (χ4n) is 1.54. The van der Waals surface area contributed by atoms with Crippen molar-refractivity contribution in [2.45, 2.75) is 4.90 Å². The second-order valence-corrected chi connectivity index (χ2v) is 5.81. The van der Waals surface area contributed by atoms with Crippen molar-refractivity contribution in [1.29, 1.82) is 0 Å². The third kappa shape index (κ3) is 3.66. The van der Waals surface area contributed by atoms with Gasteiger partial charge in [0.05, 0.1) is 16.3 Å². The summed E-state index contributed by atoms with van der Waals surface area (Å²) < 4.78 is 13.1. The zero-order valence-electron chi connectivity index (χ0n) is 10.1. The van der Waals surface area contributed by atoms with Gasteiger partial charge in [0, 0.05) is 9.92 Å². The minimum atomic E-state index is -0.572. The van der Waals surface area contributed by atoms with E-state index in [-0.39, 0.29) is 22.8 Å². The molecule has 2 aromatic carbocycles. The first-order chi connectivity index (χ1) is 9.47. The van der Waals surface area contributed by atoms with Crippen molar-refractivity contribution in [2.75, 3.05) is 5.75 Å². The van der Waals surface area contributed by atoms with Gasteiger partial charge >= 0.3 is 0 Å². The molecule has 2 rings (SSSR count). The Hall–Kier alpha value is -1.23. The number of ketones is 1. The Morgan fingerprint density at radius 1 is 1.20 bits per heavy atom. The van der Waals surface area contributed by atoms with Crippen LogP contribution in [-0.2, 0) is 0 Å². The standard InChI is InChI=1S/C14H9Cl2FO2S/c15-8-1-3-11(16)14(5-8)20-7-13(19)10-6-9(17)2-4-12(10)18/h1-6,18H,7H2. The number of carbonyl (C=O) groups excluding carboxylic acids is 1. The maximum absolute atomic E-state index is 13.1. The summed E-state index contributed by atoms with van der Waals surface area (Å²) in [4.78, 5) is 12.6. The largest absolute Gasteiger partial charge is 0.507 e. The van der Waals surface area contributed by atoms with Crippen LogP contribution in [0.5, 0.6) is 5.75 Å². The van der Waals surface area contributed by atoms with Gasteiger partial charge in [-0.25, -0.2) is 4.39 Å². The monoisotopic (exact) mass is 330 g/mol. The van der Waals surface area contributed by atoms with E-state index in [4.69, 9.17) is 23.2 Å². The number of phenols is 1. The number of phenolic OH excluding ortho intramolecular Hbond substituents is 1. The van der Waals surface area contributed by atoms with Gasteiger partial charge in [0.15, 0.2) is 5.78 Å². The number of hydrogen-bond acceptors (Lipinski definition) is 3. The molecule has 6 heteroatoms. The molecule has 0 fully saturated rings. The van der Waals surface area contributed by atoms with Crippen molar-refractivity contribution >= 4 is 40.7 Å². The third-order valence-corrected chi connectivity index (χ3v) is 4.24. The first kappa shape index (κ1) is 15.2. The minimum absolute atomic E-state index is 0.0249. The van der Waals surface area contributed by atoms with Crippen molar-refractivity contribution in [3.63, 3.8) is 0 Å². The molecule has 0 aliphatic carbocycles. The summed E-state index contributed by atoms with van der Waals surface area (Å²) >= 11 is 13.0. The average molecular weight is 331 g/mol. The molecule has 0 radical (unpaired) electrons. The molecular formula is C14H9Cl2FO2S. The fraction of sp³-hybridized carbons (Fsp3) is 0.0714. The Balaban J connectivity index is 2.12. The summed E-state index contributed by atoms with van der Waals surface area (Å²) in [5.41, 5.74) is -0.0457. The molecule has 0 aromatic heterocycles. The summed E-state index contributed by atoms with van der Waals surface area (Å²) in [7, 11) is 0. The number of thioether (sulfide) groups is 1. The lowest BCUT2D eigenvalue weighted by atomic mass is 10.1. The quantitative estimate of drug-likeness (QED) is 0.645. The number of hydrogen-bond donors (Lipinski definition) is 1. The van der Waals surface area contributed by atoms with E-state index in [1.807, 2.05) is 0 Å². The van der Waals surface area contributed by atoms with Crippen molar-refractivity contribution in [1.82, 2.24) is 0 Å². The number of Topliss-reactive ketones (excluding diaryl/α,β-unsaturated/α-hetero) is 1. The van der Waals surface area contributed by atoms with Gasteiger partial charge in [-0.15, -0.1) is 11.8 Å². The van der Waals surface area contributed by atoms with E-state index in [2.05, 4.69) is 0 Å². The predicted octanol–water partition coefficient (Wildman–Crippen LogP) is 4.81. The second-order valence-electron chi connectivity index (χ2n) is 3.95. The molecule has 0 saturated heterocycles. The van der Waals surface area contributed by atoms with Crippen molar-refractivity contribution in [3.8, 4) is 5.75 Å². The molecular weight excluding hydrogens is 322 g/mol. The molecule has 104 valence electrons. The van der Waals surface area contributed by atoms with E-state index in [0.717, 1.165) is 18.2 Å². The summed E-state index contributed by atoms with van der Waals surface area (Å²) in [6.07, 6.45) is 0. The van der Waals surface area contributed by atoms with E-state index in [1.54, 1.807) is 18.2 Å². The van der Waals surface area contributed by atoms with Crippen molar-refractivity contribution in [2.24, 2.45) is 0 Å². The Kier molecular flexibility index (Phi) is 4.91. The molecule has 0 bridgehead atoms. The number of halogens is 3. The van der Waals surface area contributed by atoms with Crippen molar-refractivity contribution < 1.29 is 14.3 Å². The Morgan fingerprint density at radius 3 is 2.70 bits per heavy atom. The maximum atomic E-state index is 13.1. The lowest BCUT2D eigenvalue weighted by molar-refractivity contribution is 0.101. The second kappa shape index (κ2) is 6.48. The number of carbonyl (C=O) groups is 1. The number of aromatic hydroxyl groups is 1. The smallest absolute Gasteiger partial charge is 0.176 e. The minimum Gasteiger partial charge on any atom is -0.507 e. The van der Waals surface area contributed by atoms with E-state index >= 15 is 0 Å². The van der Waals surface area contributed by atoms with Crippen LogP contribution in [-0.4, -0.2) is 16.6 Å². The van der Waals surface area contributed by atoms with E-state index < -0.39 is 5.82 Å². The normalized spacial score (nSPS) is 10.6. The summed E-state index contributed by atoms with van der Waals surface area (Å²) in [5, 5.41) is 10.6. The van der Waals surface area contributed by atoms with E-state index in [1.165, 1.54) is 11.8 Å². The molecule has 0 aliphatic heterocycles. The number of rotatable bonds is 4. The van der Waals surface area contributed by atoms with Gasteiger partial charge in [0.1, 0.15) is 11.6 Å². The lowest BCUT2D eigenvalue weighted by Gasteiger charge is -2.06. The molecule has 2 aromatic rings. The summed E-state index contributed by atoms with van der Waals surface area (Å²) in [5.74, 6) is -1.17. The molecule has 20 heavy (non-hydrogen) atoms. The first-order valence-electron chi connectivity index (χ1n) is 5.57. The van der Waals surface area contributed by atoms with Gasteiger partial charge in [0.25, 0.3) is 0 Å². The Labute approximate surface area is 129 Å². The van der Waals surface area contributed by atoms with Crippen LogP contribution >= 0.6 is 35.0 Å². The molecule has 0 aliphatic rings. The highest BCUT2D eigenvalue weighted by molar-refractivity contribution is 8.00. The van der Waals surface area contributed by atoms with Crippen LogP contribution < -0.4 is 0 Å². The van der Waals surface area contributed by atoms with E-state index in [9.17, 15) is 14.3 Å². The topological polar surface area (TPSA) is 37.3 Å². The highest BCUT2D eigenvalue weighted by atomic mass is 35.5. The van der Waals surface area contributed by atoms with Gasteiger partial charge in [-0.05, 0) is 36.4 Å². The third-order valence-electron chi connectivity index (χ3n) is 2.51. The molecule has 0 spiro atoms. The predicted molar refractivity (Wildman–Crippen MR) is 79.6 cm³/mol. The molecule has 0 heterocycles. The van der Waals surface area contributed by atoms with Gasteiger partial charge in [-0.3, -0.25) is 4.79 Å². The van der Waals surface area contributed by atoms with Crippen LogP contribution in [0.3, 0.4) is 0 Å². The molecule has 2 nitrogen and oxygen atoms in total. The molecule has 1 N–H and O–H groups in total. The van der Waals surface area contributed by atoms with Crippen LogP contribution in [0.25, 0.3) is 0 Å². The molecule has 0 saturated carbocycles. The van der Waals surface area contributed by atoms with Crippen LogP contribution in [0, 0.1) is 5.82 Å². The lowest BCUT2D eigenvalue weighted by Crippen LogP contribution is -2.03. The Bertz CT molecular complexity index is 662. The van der Waals surface area contributed by atoms with Crippen LogP contribution in [0.4, 0.5) is 4.39 Å². The summed E-state index contributed by atoms with van der Waals surface area (Å²) in [6.45, 7) is 0.